The molecule has 15 heavy (non-hydrogen) atoms. The lowest BCUT2D eigenvalue weighted by Gasteiger charge is -2.27. The van der Waals surface area contributed by atoms with Crippen LogP contribution in [0.3, 0.4) is 0 Å². The molecule has 0 aliphatic carbocycles. The molecule has 2 atom stereocenters. The van der Waals surface area contributed by atoms with E-state index in [0.29, 0.717) is 5.37 Å². The van der Waals surface area contributed by atoms with E-state index in [2.05, 4.69) is 40.3 Å². The van der Waals surface area contributed by atoms with Crippen molar-refractivity contribution in [2.45, 2.75) is 12.3 Å². The topological polar surface area (TPSA) is 12.0 Å². The molecular formula is C11H13BrClNS. The van der Waals surface area contributed by atoms with Crippen LogP contribution in [0.5, 0.6) is 0 Å². The van der Waals surface area contributed by atoms with Crippen molar-refractivity contribution in [3.8, 4) is 0 Å². The van der Waals surface area contributed by atoms with E-state index in [1.54, 1.807) is 0 Å². The summed E-state index contributed by atoms with van der Waals surface area (Å²) >= 11 is 11.4. The normalized spacial score (nSPS) is 26.6. The van der Waals surface area contributed by atoms with Gasteiger partial charge in [0.25, 0.3) is 0 Å². The second-order valence-electron chi connectivity index (χ2n) is 3.90. The van der Waals surface area contributed by atoms with Crippen LogP contribution in [-0.2, 0) is 0 Å². The third kappa shape index (κ3) is 2.90. The zero-order chi connectivity index (χ0) is 10.8. The summed E-state index contributed by atoms with van der Waals surface area (Å²) in [6.45, 7) is 3.37. The standard InChI is InChI=1S/C11H13BrClNS/c1-7-5-14-11(15-6-7)8-2-3-10(13)9(12)4-8/h2-4,7,11,14H,5-6H2,1H3. The van der Waals surface area contributed by atoms with Crippen LogP contribution in [-0.4, -0.2) is 12.3 Å². The second kappa shape index (κ2) is 5.09. The Morgan fingerprint density at radius 2 is 2.33 bits per heavy atom. The molecule has 2 unspecified atom stereocenters. The molecule has 1 saturated heterocycles. The quantitative estimate of drug-likeness (QED) is 0.839. The molecule has 0 bridgehead atoms. The van der Waals surface area contributed by atoms with Crippen molar-refractivity contribution in [3.63, 3.8) is 0 Å². The Balaban J connectivity index is 2.12. The molecule has 0 saturated carbocycles. The molecule has 2 rings (SSSR count). The lowest BCUT2D eigenvalue weighted by Crippen LogP contribution is -2.31. The number of thioether (sulfide) groups is 1. The fraction of sp³-hybridized carbons (Fsp3) is 0.455. The van der Waals surface area contributed by atoms with Crippen molar-refractivity contribution >= 4 is 39.3 Å². The van der Waals surface area contributed by atoms with Gasteiger partial charge in [-0.1, -0.05) is 24.6 Å². The average Bonchev–Trinajstić information content (AvgIpc) is 2.23. The van der Waals surface area contributed by atoms with E-state index in [1.165, 1.54) is 11.3 Å². The van der Waals surface area contributed by atoms with Gasteiger partial charge in [-0.2, -0.15) is 0 Å². The van der Waals surface area contributed by atoms with Crippen molar-refractivity contribution in [2.75, 3.05) is 12.3 Å². The Labute approximate surface area is 108 Å². The zero-order valence-corrected chi connectivity index (χ0v) is 11.6. The molecule has 1 aromatic carbocycles. The van der Waals surface area contributed by atoms with Crippen LogP contribution >= 0.6 is 39.3 Å². The third-order valence-electron chi connectivity index (χ3n) is 2.45. The van der Waals surface area contributed by atoms with Gasteiger partial charge < -0.3 is 5.32 Å². The Hall–Kier alpha value is 0.300. The molecule has 1 aliphatic heterocycles. The van der Waals surface area contributed by atoms with Crippen LogP contribution in [0.4, 0.5) is 0 Å². The van der Waals surface area contributed by atoms with Crippen LogP contribution in [0.25, 0.3) is 0 Å². The zero-order valence-electron chi connectivity index (χ0n) is 8.47. The van der Waals surface area contributed by atoms with Gasteiger partial charge in [0.05, 0.1) is 10.4 Å². The van der Waals surface area contributed by atoms with E-state index in [9.17, 15) is 0 Å². The largest absolute Gasteiger partial charge is 0.301 e. The SMILES string of the molecule is CC1CNC(c2ccc(Cl)c(Br)c2)SC1. The first-order valence-corrected chi connectivity index (χ1v) is 7.18. The number of hydrogen-bond acceptors (Lipinski definition) is 2. The maximum Gasteiger partial charge on any atom is 0.0789 e. The summed E-state index contributed by atoms with van der Waals surface area (Å²) in [5.41, 5.74) is 1.29. The molecule has 0 amide bonds. The van der Waals surface area contributed by atoms with Gasteiger partial charge in [0.1, 0.15) is 0 Å². The summed E-state index contributed by atoms with van der Waals surface area (Å²) in [7, 11) is 0. The summed E-state index contributed by atoms with van der Waals surface area (Å²) in [5, 5.41) is 4.71. The van der Waals surface area contributed by atoms with Crippen LogP contribution in [0.1, 0.15) is 17.9 Å². The molecule has 0 radical (unpaired) electrons. The Morgan fingerprint density at radius 3 is 2.93 bits per heavy atom. The van der Waals surface area contributed by atoms with Gasteiger partial charge in [0.2, 0.25) is 0 Å². The van der Waals surface area contributed by atoms with Crippen molar-refractivity contribution in [1.82, 2.24) is 5.32 Å². The van der Waals surface area contributed by atoms with Gasteiger partial charge in [-0.15, -0.1) is 11.8 Å². The predicted octanol–water partition coefficient (Wildman–Crippen LogP) is 4.07. The van der Waals surface area contributed by atoms with Gasteiger partial charge in [-0.05, 0) is 51.8 Å². The average molecular weight is 307 g/mol. The maximum absolute atomic E-state index is 5.97. The lowest BCUT2D eigenvalue weighted by molar-refractivity contribution is 0.529. The van der Waals surface area contributed by atoms with Gasteiger partial charge in [0, 0.05) is 4.47 Å². The van der Waals surface area contributed by atoms with Gasteiger partial charge >= 0.3 is 0 Å². The molecule has 1 fully saturated rings. The van der Waals surface area contributed by atoms with Crippen LogP contribution in [0.15, 0.2) is 22.7 Å². The Bertz CT molecular complexity index is 350. The summed E-state index contributed by atoms with van der Waals surface area (Å²) in [6, 6.07) is 6.14. The van der Waals surface area contributed by atoms with E-state index in [1.807, 2.05) is 17.8 Å². The van der Waals surface area contributed by atoms with E-state index in [-0.39, 0.29) is 0 Å². The van der Waals surface area contributed by atoms with Crippen LogP contribution in [0.2, 0.25) is 5.02 Å². The van der Waals surface area contributed by atoms with Gasteiger partial charge in [0.15, 0.2) is 0 Å². The van der Waals surface area contributed by atoms with Gasteiger partial charge in [-0.25, -0.2) is 0 Å². The highest BCUT2D eigenvalue weighted by Crippen LogP contribution is 2.34. The first-order chi connectivity index (χ1) is 7.16. The molecular weight excluding hydrogens is 294 g/mol. The Kier molecular flexibility index (Phi) is 3.99. The summed E-state index contributed by atoms with van der Waals surface area (Å²) in [4.78, 5) is 0. The molecule has 1 N–H and O–H groups in total. The lowest BCUT2D eigenvalue weighted by atomic mass is 10.2. The van der Waals surface area contributed by atoms with Crippen molar-refractivity contribution in [2.24, 2.45) is 5.92 Å². The molecule has 1 nitrogen and oxygen atoms in total. The maximum atomic E-state index is 5.97. The number of rotatable bonds is 1. The molecule has 1 aromatic rings. The first kappa shape index (κ1) is 11.8. The summed E-state index contributed by atoms with van der Waals surface area (Å²) in [5.74, 6) is 1.99. The van der Waals surface area contributed by atoms with E-state index >= 15 is 0 Å². The van der Waals surface area contributed by atoms with E-state index < -0.39 is 0 Å². The molecule has 1 aliphatic rings. The predicted molar refractivity (Wildman–Crippen MR) is 71.5 cm³/mol. The smallest absolute Gasteiger partial charge is 0.0789 e. The van der Waals surface area contributed by atoms with Crippen molar-refractivity contribution in [1.29, 1.82) is 0 Å². The van der Waals surface area contributed by atoms with Crippen LogP contribution in [0, 0.1) is 5.92 Å². The van der Waals surface area contributed by atoms with Crippen LogP contribution < -0.4 is 5.32 Å². The van der Waals surface area contributed by atoms with Crippen molar-refractivity contribution in [3.05, 3.63) is 33.3 Å². The highest BCUT2D eigenvalue weighted by Gasteiger charge is 2.19. The van der Waals surface area contributed by atoms with E-state index in [0.717, 1.165) is 22.0 Å². The second-order valence-corrected chi connectivity index (χ2v) is 6.30. The van der Waals surface area contributed by atoms with Crippen molar-refractivity contribution < 1.29 is 0 Å². The minimum Gasteiger partial charge on any atom is -0.301 e. The van der Waals surface area contributed by atoms with Gasteiger partial charge in [-0.3, -0.25) is 0 Å². The number of halogens is 2. The number of benzene rings is 1. The minimum atomic E-state index is 0.412. The minimum absolute atomic E-state index is 0.412. The monoisotopic (exact) mass is 305 g/mol. The molecule has 82 valence electrons. The first-order valence-electron chi connectivity index (χ1n) is 4.97. The Morgan fingerprint density at radius 1 is 1.53 bits per heavy atom. The fourth-order valence-electron chi connectivity index (χ4n) is 1.58. The highest BCUT2D eigenvalue weighted by atomic mass is 79.9. The highest BCUT2D eigenvalue weighted by molar-refractivity contribution is 9.10. The molecule has 0 aromatic heterocycles. The molecule has 0 spiro atoms. The third-order valence-corrected chi connectivity index (χ3v) is 5.19. The number of hydrogen-bond donors (Lipinski definition) is 1. The number of nitrogens with one attached hydrogen (secondary N) is 1. The molecule has 1 heterocycles. The summed E-state index contributed by atoms with van der Waals surface area (Å²) < 4.78 is 0.975. The fourth-order valence-corrected chi connectivity index (χ4v) is 3.28. The molecule has 4 heteroatoms. The van der Waals surface area contributed by atoms with E-state index in [4.69, 9.17) is 11.6 Å². The summed E-state index contributed by atoms with van der Waals surface area (Å²) in [6.07, 6.45) is 0.